The summed E-state index contributed by atoms with van der Waals surface area (Å²) in [6, 6.07) is 5.62. The number of anilines is 4. The Balaban J connectivity index is 1.51. The van der Waals surface area contributed by atoms with Crippen LogP contribution in [0.15, 0.2) is 36.8 Å². The van der Waals surface area contributed by atoms with Crippen LogP contribution in [0, 0.1) is 12.7 Å². The van der Waals surface area contributed by atoms with Crippen LogP contribution in [0.1, 0.15) is 41.9 Å². The molecule has 1 aliphatic rings. The van der Waals surface area contributed by atoms with Crippen molar-refractivity contribution in [2.75, 3.05) is 16.0 Å². The molecule has 0 unspecified atom stereocenters. The van der Waals surface area contributed by atoms with Crippen molar-refractivity contribution in [3.05, 3.63) is 54.0 Å². The van der Waals surface area contributed by atoms with E-state index in [-0.39, 0.29) is 23.5 Å². The van der Waals surface area contributed by atoms with Gasteiger partial charge in [-0.2, -0.15) is 5.10 Å². The van der Waals surface area contributed by atoms with Crippen molar-refractivity contribution in [2.24, 2.45) is 12.8 Å². The van der Waals surface area contributed by atoms with Crippen molar-refractivity contribution in [1.82, 2.24) is 29.4 Å². The van der Waals surface area contributed by atoms with Crippen LogP contribution in [0.4, 0.5) is 27.4 Å². The molecule has 35 heavy (non-hydrogen) atoms. The first kappa shape index (κ1) is 22.7. The van der Waals surface area contributed by atoms with Crippen LogP contribution in [0.2, 0.25) is 0 Å². The lowest BCUT2D eigenvalue weighted by Gasteiger charge is -2.27. The van der Waals surface area contributed by atoms with Crippen molar-refractivity contribution in [3.8, 4) is 0 Å². The highest BCUT2D eigenvalue weighted by atomic mass is 19.1. The highest BCUT2D eigenvalue weighted by Gasteiger charge is 2.22. The Morgan fingerprint density at radius 2 is 1.94 bits per heavy atom. The molecule has 5 N–H and O–H groups in total. The minimum atomic E-state index is -0.630. The summed E-state index contributed by atoms with van der Waals surface area (Å²) in [6.07, 6.45) is 7.61. The minimum Gasteiger partial charge on any atom is -0.366 e. The Morgan fingerprint density at radius 1 is 1.14 bits per heavy atom. The number of carbonyl (C=O) groups is 1. The second kappa shape index (κ2) is 9.29. The number of hydrogen-bond acceptors (Lipinski definition) is 8. The van der Waals surface area contributed by atoms with E-state index >= 15 is 0 Å². The molecule has 0 radical (unpaired) electrons. The van der Waals surface area contributed by atoms with Gasteiger partial charge in [0.1, 0.15) is 11.6 Å². The molecule has 0 spiro atoms. The van der Waals surface area contributed by atoms with E-state index in [0.717, 1.165) is 43.4 Å². The summed E-state index contributed by atoms with van der Waals surface area (Å²) in [5, 5.41) is 18.4. The highest BCUT2D eigenvalue weighted by Crippen LogP contribution is 2.27. The lowest BCUT2D eigenvalue weighted by Crippen LogP contribution is -2.33. The first-order chi connectivity index (χ1) is 16.9. The van der Waals surface area contributed by atoms with Crippen LogP contribution in [0.25, 0.3) is 5.65 Å². The van der Waals surface area contributed by atoms with Gasteiger partial charge < -0.3 is 21.7 Å². The fourth-order valence-electron chi connectivity index (χ4n) is 4.29. The molecule has 4 heterocycles. The molecule has 0 bridgehead atoms. The topological polar surface area (TPSA) is 140 Å². The second-order valence-corrected chi connectivity index (χ2v) is 8.81. The molecular formula is C23H27FN10O. The van der Waals surface area contributed by atoms with Crippen LogP contribution in [0.5, 0.6) is 0 Å². The van der Waals surface area contributed by atoms with E-state index in [2.05, 4.69) is 36.1 Å². The SMILES string of the molecule is Cc1cc(Nc2cc(N[C@H]3CC[C@H](N)CC3)nn3c(C(=O)Nc4ccncc4F)cnc23)n(C)n1. The van der Waals surface area contributed by atoms with Crippen LogP contribution in [0.3, 0.4) is 0 Å². The third kappa shape index (κ3) is 4.78. The molecule has 11 nitrogen and oxygen atoms in total. The number of nitrogens with zero attached hydrogens (tertiary/aromatic N) is 6. The van der Waals surface area contributed by atoms with Gasteiger partial charge in [0.15, 0.2) is 17.2 Å². The van der Waals surface area contributed by atoms with E-state index in [1.54, 1.807) is 4.68 Å². The number of aromatic nitrogens is 6. The van der Waals surface area contributed by atoms with Gasteiger partial charge in [-0.1, -0.05) is 0 Å². The molecule has 5 rings (SSSR count). The molecule has 0 aromatic carbocycles. The molecule has 4 aromatic heterocycles. The number of nitrogens with two attached hydrogens (primary N) is 1. The molecule has 1 aliphatic carbocycles. The van der Waals surface area contributed by atoms with Crippen molar-refractivity contribution >= 4 is 34.6 Å². The van der Waals surface area contributed by atoms with Crippen LogP contribution < -0.4 is 21.7 Å². The van der Waals surface area contributed by atoms with Crippen molar-refractivity contribution in [2.45, 2.75) is 44.7 Å². The number of amides is 1. The zero-order valence-corrected chi connectivity index (χ0v) is 19.5. The Labute approximate surface area is 200 Å². The normalized spacial score (nSPS) is 17.9. The van der Waals surface area contributed by atoms with Gasteiger partial charge in [-0.05, 0) is 38.7 Å². The summed E-state index contributed by atoms with van der Waals surface area (Å²) in [5.74, 6) is 0.173. The summed E-state index contributed by atoms with van der Waals surface area (Å²) in [4.78, 5) is 21.2. The van der Waals surface area contributed by atoms with E-state index < -0.39 is 11.7 Å². The van der Waals surface area contributed by atoms with Gasteiger partial charge in [-0.15, -0.1) is 5.10 Å². The first-order valence-corrected chi connectivity index (χ1v) is 11.5. The fraction of sp³-hybridized carbons (Fsp3) is 0.348. The Hall–Kier alpha value is -4.06. The molecule has 12 heteroatoms. The average Bonchev–Trinajstić information content (AvgIpc) is 3.39. The number of imidazole rings is 1. The zero-order valence-electron chi connectivity index (χ0n) is 19.5. The minimum absolute atomic E-state index is 0.0245. The fourth-order valence-corrected chi connectivity index (χ4v) is 4.29. The van der Waals surface area contributed by atoms with Crippen molar-refractivity contribution in [1.29, 1.82) is 0 Å². The van der Waals surface area contributed by atoms with Gasteiger partial charge in [0.2, 0.25) is 0 Å². The van der Waals surface area contributed by atoms with Crippen LogP contribution in [-0.2, 0) is 7.05 Å². The molecule has 1 amide bonds. The van der Waals surface area contributed by atoms with E-state index in [1.165, 1.54) is 23.0 Å². The number of pyridine rings is 1. The summed E-state index contributed by atoms with van der Waals surface area (Å²) in [7, 11) is 1.84. The maximum Gasteiger partial charge on any atom is 0.276 e. The van der Waals surface area contributed by atoms with Crippen molar-refractivity contribution < 1.29 is 9.18 Å². The van der Waals surface area contributed by atoms with Crippen LogP contribution in [-0.4, -0.2) is 47.4 Å². The Kier molecular flexibility index (Phi) is 6.03. The van der Waals surface area contributed by atoms with Gasteiger partial charge in [-0.3, -0.25) is 14.5 Å². The molecule has 0 aliphatic heterocycles. The molecule has 0 saturated heterocycles. The molecule has 182 valence electrons. The maximum atomic E-state index is 14.1. The summed E-state index contributed by atoms with van der Waals surface area (Å²) >= 11 is 0. The quantitative estimate of drug-likeness (QED) is 0.332. The monoisotopic (exact) mass is 478 g/mol. The number of halogens is 1. The number of nitrogens with one attached hydrogen (secondary N) is 3. The average molecular weight is 479 g/mol. The smallest absolute Gasteiger partial charge is 0.276 e. The number of aryl methyl sites for hydroxylation is 2. The Morgan fingerprint density at radius 3 is 2.66 bits per heavy atom. The molecule has 1 fully saturated rings. The molecular weight excluding hydrogens is 451 g/mol. The standard InChI is InChI=1S/C23H27FN10O/c1-13-9-21(33(2)31-13)29-18-10-20(28-15-5-3-14(25)4-6-15)32-34-19(12-27-22(18)34)23(35)30-17-7-8-26-11-16(17)24/h7-12,14-15,29H,3-6,25H2,1-2H3,(H,28,32)(H,26,30,35)/t14-,15-. The van der Waals surface area contributed by atoms with Gasteiger partial charge in [-0.25, -0.2) is 13.9 Å². The number of fused-ring (bicyclic) bond motifs is 1. The third-order valence-electron chi connectivity index (χ3n) is 6.11. The second-order valence-electron chi connectivity index (χ2n) is 8.81. The summed E-state index contributed by atoms with van der Waals surface area (Å²) in [5.41, 5.74) is 8.19. The third-order valence-corrected chi connectivity index (χ3v) is 6.11. The van der Waals surface area contributed by atoms with E-state index in [0.29, 0.717) is 17.2 Å². The lowest BCUT2D eigenvalue weighted by molar-refractivity contribution is 0.102. The van der Waals surface area contributed by atoms with Gasteiger partial charge in [0, 0.05) is 37.5 Å². The number of carbonyl (C=O) groups excluding carboxylic acids is 1. The summed E-state index contributed by atoms with van der Waals surface area (Å²) < 4.78 is 17.2. The first-order valence-electron chi connectivity index (χ1n) is 11.5. The van der Waals surface area contributed by atoms with E-state index in [4.69, 9.17) is 5.73 Å². The highest BCUT2D eigenvalue weighted by molar-refractivity contribution is 6.03. The van der Waals surface area contributed by atoms with Crippen LogP contribution >= 0.6 is 0 Å². The van der Waals surface area contributed by atoms with Crippen molar-refractivity contribution in [3.63, 3.8) is 0 Å². The van der Waals surface area contributed by atoms with E-state index in [1.807, 2.05) is 26.1 Å². The number of hydrogen-bond donors (Lipinski definition) is 4. The number of rotatable bonds is 6. The predicted molar refractivity (Wildman–Crippen MR) is 130 cm³/mol. The molecule has 1 saturated carbocycles. The van der Waals surface area contributed by atoms with E-state index in [9.17, 15) is 9.18 Å². The van der Waals surface area contributed by atoms with Gasteiger partial charge >= 0.3 is 0 Å². The zero-order chi connectivity index (χ0) is 24.5. The molecule has 4 aromatic rings. The predicted octanol–water partition coefficient (Wildman–Crippen LogP) is 2.98. The lowest BCUT2D eigenvalue weighted by atomic mass is 9.92. The maximum absolute atomic E-state index is 14.1. The largest absolute Gasteiger partial charge is 0.366 e. The van der Waals surface area contributed by atoms with Gasteiger partial charge in [0.05, 0.1) is 29.5 Å². The Bertz CT molecular complexity index is 1370. The summed E-state index contributed by atoms with van der Waals surface area (Å²) in [6.45, 7) is 1.91. The van der Waals surface area contributed by atoms with Gasteiger partial charge in [0.25, 0.3) is 5.91 Å². The molecule has 0 atom stereocenters.